The predicted octanol–water partition coefficient (Wildman–Crippen LogP) is 3.86. The molecule has 0 spiro atoms. The van der Waals surface area contributed by atoms with Crippen LogP contribution in [0.4, 0.5) is 0 Å². The van der Waals surface area contributed by atoms with Gasteiger partial charge in [0.1, 0.15) is 0 Å². The third kappa shape index (κ3) is 5.51. The topological polar surface area (TPSA) is 27.7 Å². The lowest BCUT2D eigenvalue weighted by Crippen LogP contribution is -2.49. The molecule has 0 aromatic carbocycles. The minimum atomic E-state index is -2.47. The van der Waals surface area contributed by atoms with Gasteiger partial charge in [0.15, 0.2) is 0 Å². The lowest BCUT2D eigenvalue weighted by Gasteiger charge is -2.36. The van der Waals surface area contributed by atoms with Gasteiger partial charge >= 0.3 is 8.80 Å². The fraction of sp³-hybridized carbons (Fsp3) is 1.00. The normalized spacial score (nSPS) is 13.1. The number of hydrogen-bond acceptors (Lipinski definition) is 3. The van der Waals surface area contributed by atoms with E-state index in [2.05, 4.69) is 20.8 Å². The van der Waals surface area contributed by atoms with E-state index in [-0.39, 0.29) is 5.41 Å². The van der Waals surface area contributed by atoms with E-state index < -0.39 is 8.80 Å². The summed E-state index contributed by atoms with van der Waals surface area (Å²) in [4.78, 5) is 0. The molecule has 0 fully saturated rings. The second-order valence-electron chi connectivity index (χ2n) is 4.68. The van der Waals surface area contributed by atoms with E-state index in [0.717, 1.165) is 18.9 Å². The maximum atomic E-state index is 5.90. The quantitative estimate of drug-likeness (QED) is 0.560. The van der Waals surface area contributed by atoms with Crippen molar-refractivity contribution in [2.24, 2.45) is 5.41 Å². The Morgan fingerprint density at radius 3 is 1.35 bits per heavy atom. The molecule has 0 aromatic rings. The Labute approximate surface area is 108 Å². The van der Waals surface area contributed by atoms with Crippen LogP contribution in [-0.2, 0) is 13.3 Å². The van der Waals surface area contributed by atoms with Crippen LogP contribution in [-0.4, -0.2) is 28.6 Å². The van der Waals surface area contributed by atoms with Crippen LogP contribution >= 0.6 is 0 Å². The Bertz CT molecular complexity index is 176. The van der Waals surface area contributed by atoms with Gasteiger partial charge in [0.05, 0.1) is 0 Å². The molecule has 0 saturated heterocycles. The van der Waals surface area contributed by atoms with Crippen LogP contribution in [0.5, 0.6) is 0 Å². The molecule has 0 amide bonds. The Balaban J connectivity index is 4.85. The molecule has 0 unspecified atom stereocenters. The zero-order chi connectivity index (χ0) is 13.4. The van der Waals surface area contributed by atoms with Crippen molar-refractivity contribution in [3.8, 4) is 0 Å². The van der Waals surface area contributed by atoms with Gasteiger partial charge in [-0.2, -0.15) is 0 Å². The Morgan fingerprint density at radius 1 is 0.765 bits per heavy atom. The summed E-state index contributed by atoms with van der Waals surface area (Å²) in [5.74, 6) is 0. The first-order chi connectivity index (χ1) is 8.01. The van der Waals surface area contributed by atoms with E-state index in [0.29, 0.717) is 19.8 Å². The molecule has 0 aliphatic carbocycles. The average Bonchev–Trinajstić information content (AvgIpc) is 2.30. The van der Waals surface area contributed by atoms with Gasteiger partial charge in [0.25, 0.3) is 0 Å². The van der Waals surface area contributed by atoms with Crippen molar-refractivity contribution in [3.63, 3.8) is 0 Å². The summed E-state index contributed by atoms with van der Waals surface area (Å²) in [7, 11) is -2.47. The smallest absolute Gasteiger partial charge is 0.374 e. The fourth-order valence-electron chi connectivity index (χ4n) is 1.96. The number of hydrogen-bond donors (Lipinski definition) is 0. The summed E-state index contributed by atoms with van der Waals surface area (Å²) in [5, 5.41) is 0. The highest BCUT2D eigenvalue weighted by Gasteiger charge is 2.45. The van der Waals surface area contributed by atoms with Crippen molar-refractivity contribution in [3.05, 3.63) is 0 Å². The summed E-state index contributed by atoms with van der Waals surface area (Å²) >= 11 is 0. The zero-order valence-electron chi connectivity index (χ0n) is 12.5. The van der Waals surface area contributed by atoms with Gasteiger partial charge in [0, 0.05) is 25.9 Å². The second-order valence-corrected chi connectivity index (χ2v) is 7.26. The van der Waals surface area contributed by atoms with Crippen LogP contribution in [0.2, 0.25) is 6.04 Å². The van der Waals surface area contributed by atoms with E-state index in [4.69, 9.17) is 13.3 Å². The van der Waals surface area contributed by atoms with Crippen LogP contribution in [0.25, 0.3) is 0 Å². The van der Waals surface area contributed by atoms with Gasteiger partial charge in [0.2, 0.25) is 0 Å². The molecule has 0 atom stereocenters. The summed E-state index contributed by atoms with van der Waals surface area (Å²) < 4.78 is 17.7. The fourth-order valence-corrected chi connectivity index (χ4v) is 5.38. The van der Waals surface area contributed by atoms with Crippen molar-refractivity contribution < 1.29 is 13.3 Å². The highest BCUT2D eigenvalue weighted by atomic mass is 28.4. The first-order valence-corrected chi connectivity index (χ1v) is 8.86. The van der Waals surface area contributed by atoms with E-state index in [9.17, 15) is 0 Å². The van der Waals surface area contributed by atoms with Gasteiger partial charge < -0.3 is 13.3 Å². The van der Waals surface area contributed by atoms with E-state index in [1.54, 1.807) is 0 Å². The lowest BCUT2D eigenvalue weighted by atomic mass is 9.87. The molecule has 0 bridgehead atoms. The molecule has 0 radical (unpaired) electrons. The molecular weight excluding hydrogens is 232 g/mol. The molecule has 104 valence electrons. The second kappa shape index (κ2) is 8.24. The summed E-state index contributed by atoms with van der Waals surface area (Å²) in [6.07, 6.45) is 2.26. The Morgan fingerprint density at radius 2 is 1.12 bits per heavy atom. The van der Waals surface area contributed by atoms with Gasteiger partial charge in [-0.1, -0.05) is 33.6 Å². The molecule has 17 heavy (non-hydrogen) atoms. The van der Waals surface area contributed by atoms with Crippen molar-refractivity contribution in [2.75, 3.05) is 19.8 Å². The molecule has 0 aromatic heterocycles. The molecule has 4 heteroatoms. The molecule has 0 aliphatic heterocycles. The molecule has 0 rings (SSSR count). The molecule has 0 saturated carbocycles. The summed E-state index contributed by atoms with van der Waals surface area (Å²) in [6, 6.07) is 0.919. The first-order valence-electron chi connectivity index (χ1n) is 6.93. The van der Waals surface area contributed by atoms with E-state index in [1.807, 2.05) is 20.8 Å². The molecule has 0 aliphatic rings. The third-order valence-corrected chi connectivity index (χ3v) is 6.92. The SMILES string of the molecule is CCO[Si](CC(C)(CC)CC)(OCC)OCC. The average molecular weight is 262 g/mol. The van der Waals surface area contributed by atoms with Crippen molar-refractivity contribution in [1.82, 2.24) is 0 Å². The van der Waals surface area contributed by atoms with Gasteiger partial charge in [-0.05, 0) is 26.2 Å². The highest BCUT2D eigenvalue weighted by Crippen LogP contribution is 2.36. The van der Waals surface area contributed by atoms with E-state index in [1.165, 1.54) is 0 Å². The van der Waals surface area contributed by atoms with Gasteiger partial charge in [-0.25, -0.2) is 0 Å². The lowest BCUT2D eigenvalue weighted by molar-refractivity contribution is 0.0588. The molecular formula is C13H30O3Si. The van der Waals surface area contributed by atoms with Gasteiger partial charge in [-0.15, -0.1) is 0 Å². The highest BCUT2D eigenvalue weighted by molar-refractivity contribution is 6.60. The van der Waals surface area contributed by atoms with Crippen molar-refractivity contribution in [2.45, 2.75) is 60.4 Å². The zero-order valence-corrected chi connectivity index (χ0v) is 13.5. The Kier molecular flexibility index (Phi) is 8.29. The Hall–Kier alpha value is 0.0969. The van der Waals surface area contributed by atoms with Gasteiger partial charge in [-0.3, -0.25) is 0 Å². The van der Waals surface area contributed by atoms with Crippen LogP contribution in [0.3, 0.4) is 0 Å². The molecule has 0 N–H and O–H groups in total. The largest absolute Gasteiger partial charge is 0.501 e. The maximum Gasteiger partial charge on any atom is 0.501 e. The third-order valence-electron chi connectivity index (χ3n) is 3.44. The molecule has 0 heterocycles. The predicted molar refractivity (Wildman–Crippen MR) is 74.1 cm³/mol. The molecule has 3 nitrogen and oxygen atoms in total. The summed E-state index contributed by atoms with van der Waals surface area (Å²) in [6.45, 7) is 14.8. The number of rotatable bonds is 10. The van der Waals surface area contributed by atoms with Crippen molar-refractivity contribution in [1.29, 1.82) is 0 Å². The maximum absolute atomic E-state index is 5.90. The minimum Gasteiger partial charge on any atom is -0.374 e. The monoisotopic (exact) mass is 262 g/mol. The van der Waals surface area contributed by atoms with Crippen LogP contribution in [0.15, 0.2) is 0 Å². The summed E-state index contributed by atoms with van der Waals surface area (Å²) in [5.41, 5.74) is 0.256. The van der Waals surface area contributed by atoms with Crippen LogP contribution in [0, 0.1) is 5.41 Å². The first kappa shape index (κ1) is 17.1. The van der Waals surface area contributed by atoms with Crippen LogP contribution < -0.4 is 0 Å². The van der Waals surface area contributed by atoms with Crippen molar-refractivity contribution >= 4 is 8.80 Å². The van der Waals surface area contributed by atoms with Crippen LogP contribution in [0.1, 0.15) is 54.4 Å². The van der Waals surface area contributed by atoms with E-state index >= 15 is 0 Å². The minimum absolute atomic E-state index is 0.256. The standard InChI is InChI=1S/C13H30O3Si/c1-7-13(6,8-2)12-17(14-9-3,15-10-4)16-11-5/h7-12H2,1-6H3.